The van der Waals surface area contributed by atoms with E-state index in [2.05, 4.69) is 31.8 Å². The van der Waals surface area contributed by atoms with E-state index in [-0.39, 0.29) is 11.9 Å². The van der Waals surface area contributed by atoms with E-state index in [0.717, 1.165) is 34.1 Å². The summed E-state index contributed by atoms with van der Waals surface area (Å²) in [6.45, 7) is 7.13. The lowest BCUT2D eigenvalue weighted by Gasteiger charge is -2.33. The van der Waals surface area contributed by atoms with Gasteiger partial charge in [0.2, 0.25) is 0 Å². The van der Waals surface area contributed by atoms with Crippen molar-refractivity contribution >= 4 is 16.9 Å². The highest BCUT2D eigenvalue weighted by Gasteiger charge is 2.36. The monoisotopic (exact) mass is 365 g/mol. The van der Waals surface area contributed by atoms with Crippen LogP contribution in [0.25, 0.3) is 11.0 Å². The number of aromatic nitrogens is 6. The summed E-state index contributed by atoms with van der Waals surface area (Å²) in [5.74, 6) is 2.54. The van der Waals surface area contributed by atoms with Gasteiger partial charge in [-0.05, 0) is 39.7 Å². The molecular weight excluding hydrogens is 342 g/mol. The second kappa shape index (κ2) is 5.61. The highest BCUT2D eigenvalue weighted by atomic mass is 16.2. The van der Waals surface area contributed by atoms with E-state index >= 15 is 0 Å². The average molecular weight is 365 g/mol. The lowest BCUT2D eigenvalue weighted by atomic mass is 10.1. The molecule has 3 aromatic rings. The molecule has 1 aliphatic carbocycles. The largest absolute Gasteiger partial charge is 0.329 e. The van der Waals surface area contributed by atoms with Crippen LogP contribution in [-0.4, -0.2) is 46.9 Å². The first kappa shape index (κ1) is 16.4. The first-order valence-electron chi connectivity index (χ1n) is 9.48. The van der Waals surface area contributed by atoms with Gasteiger partial charge in [-0.1, -0.05) is 0 Å². The summed E-state index contributed by atoms with van der Waals surface area (Å²) in [4.78, 5) is 19.9. The van der Waals surface area contributed by atoms with Crippen molar-refractivity contribution in [2.75, 3.05) is 6.54 Å². The molecule has 3 aromatic heterocycles. The molecule has 27 heavy (non-hydrogen) atoms. The SMILES string of the molecule is Cc1cc(C(=O)N2Cc3nnc(C4CC4)n3[C@@H](C)C2)c2c(C)nn(C)c2n1. The number of hydrogen-bond donors (Lipinski definition) is 0. The lowest BCUT2D eigenvalue weighted by Crippen LogP contribution is -2.41. The predicted molar refractivity (Wildman–Crippen MR) is 99.4 cm³/mol. The Balaban J connectivity index is 1.54. The van der Waals surface area contributed by atoms with E-state index in [0.29, 0.717) is 24.6 Å². The van der Waals surface area contributed by atoms with Crippen molar-refractivity contribution in [1.82, 2.24) is 34.4 Å². The summed E-state index contributed by atoms with van der Waals surface area (Å²) in [6, 6.07) is 2.05. The normalized spacial score (nSPS) is 19.6. The maximum Gasteiger partial charge on any atom is 0.255 e. The van der Waals surface area contributed by atoms with Crippen molar-refractivity contribution in [1.29, 1.82) is 0 Å². The quantitative estimate of drug-likeness (QED) is 0.696. The standard InChI is InChI=1S/C19H23N7O/c1-10-7-14(16-12(3)23-24(4)18(16)20-10)19(27)25-8-11(2)26-15(9-25)21-22-17(26)13-5-6-13/h7,11,13H,5-6,8-9H2,1-4H3/t11-/m0/s1. The molecule has 1 amide bonds. The van der Waals surface area contributed by atoms with Crippen LogP contribution in [0.1, 0.15) is 65.1 Å². The summed E-state index contributed by atoms with van der Waals surface area (Å²) in [5, 5.41) is 14.1. The van der Waals surface area contributed by atoms with Crippen molar-refractivity contribution in [3.8, 4) is 0 Å². The van der Waals surface area contributed by atoms with Crippen LogP contribution in [0.5, 0.6) is 0 Å². The summed E-state index contributed by atoms with van der Waals surface area (Å²) >= 11 is 0. The van der Waals surface area contributed by atoms with E-state index < -0.39 is 0 Å². The van der Waals surface area contributed by atoms with Gasteiger partial charge in [-0.25, -0.2) is 4.98 Å². The summed E-state index contributed by atoms with van der Waals surface area (Å²) in [6.07, 6.45) is 2.39. The maximum atomic E-state index is 13.4. The molecule has 0 N–H and O–H groups in total. The molecule has 140 valence electrons. The Labute approximate surface area is 157 Å². The summed E-state index contributed by atoms with van der Waals surface area (Å²) in [5.41, 5.74) is 3.07. The van der Waals surface area contributed by atoms with Crippen LogP contribution in [0.15, 0.2) is 6.07 Å². The molecule has 0 saturated heterocycles. The minimum Gasteiger partial charge on any atom is -0.329 e. The van der Waals surface area contributed by atoms with Crippen LogP contribution in [0.3, 0.4) is 0 Å². The van der Waals surface area contributed by atoms with Crippen LogP contribution in [0, 0.1) is 13.8 Å². The van der Waals surface area contributed by atoms with Crippen molar-refractivity contribution in [3.63, 3.8) is 0 Å². The third-order valence-electron chi connectivity index (χ3n) is 5.61. The Morgan fingerprint density at radius 2 is 2.00 bits per heavy atom. The number of carbonyl (C=O) groups is 1. The Hall–Kier alpha value is -2.77. The van der Waals surface area contributed by atoms with Crippen molar-refractivity contribution in [2.45, 2.75) is 52.1 Å². The molecular formula is C19H23N7O. The Bertz CT molecular complexity index is 1080. The lowest BCUT2D eigenvalue weighted by molar-refractivity contribution is 0.0681. The number of fused-ring (bicyclic) bond motifs is 2. The molecule has 1 saturated carbocycles. The molecule has 0 spiro atoms. The molecule has 1 aliphatic heterocycles. The van der Waals surface area contributed by atoms with Gasteiger partial charge in [0.05, 0.1) is 29.2 Å². The van der Waals surface area contributed by atoms with Gasteiger partial charge in [0, 0.05) is 25.2 Å². The molecule has 1 fully saturated rings. The van der Waals surface area contributed by atoms with E-state index in [1.165, 1.54) is 12.8 Å². The highest BCUT2D eigenvalue weighted by molar-refractivity contribution is 6.06. The summed E-state index contributed by atoms with van der Waals surface area (Å²) < 4.78 is 3.98. The molecule has 4 heterocycles. The molecule has 0 bridgehead atoms. The first-order valence-corrected chi connectivity index (χ1v) is 9.48. The number of rotatable bonds is 2. The second-order valence-corrected chi connectivity index (χ2v) is 7.87. The van der Waals surface area contributed by atoms with Crippen molar-refractivity contribution < 1.29 is 4.79 Å². The van der Waals surface area contributed by atoms with Crippen LogP contribution in [-0.2, 0) is 13.6 Å². The molecule has 8 nitrogen and oxygen atoms in total. The van der Waals surface area contributed by atoms with E-state index in [9.17, 15) is 4.79 Å². The zero-order valence-electron chi connectivity index (χ0n) is 16.1. The molecule has 0 unspecified atom stereocenters. The molecule has 0 aromatic carbocycles. The first-order chi connectivity index (χ1) is 12.9. The second-order valence-electron chi connectivity index (χ2n) is 7.87. The number of hydrogen-bond acceptors (Lipinski definition) is 5. The summed E-state index contributed by atoms with van der Waals surface area (Å²) in [7, 11) is 1.86. The zero-order valence-corrected chi connectivity index (χ0v) is 16.1. The number of aryl methyl sites for hydroxylation is 3. The van der Waals surface area contributed by atoms with Gasteiger partial charge >= 0.3 is 0 Å². The molecule has 0 radical (unpaired) electrons. The van der Waals surface area contributed by atoms with Gasteiger partial charge in [0.25, 0.3) is 5.91 Å². The number of nitrogens with zero attached hydrogens (tertiary/aromatic N) is 7. The predicted octanol–water partition coefficient (Wildman–Crippen LogP) is 2.27. The fourth-order valence-electron chi connectivity index (χ4n) is 4.24. The van der Waals surface area contributed by atoms with Crippen molar-refractivity contribution in [3.05, 3.63) is 34.7 Å². The van der Waals surface area contributed by atoms with E-state index in [4.69, 9.17) is 0 Å². The topological polar surface area (TPSA) is 81.7 Å². The van der Waals surface area contributed by atoms with Gasteiger partial charge in [0.15, 0.2) is 11.5 Å². The van der Waals surface area contributed by atoms with Crippen LogP contribution < -0.4 is 0 Å². The van der Waals surface area contributed by atoms with E-state index in [1.807, 2.05) is 31.9 Å². The van der Waals surface area contributed by atoms with E-state index in [1.54, 1.807) is 4.68 Å². The highest BCUT2D eigenvalue weighted by Crippen LogP contribution is 2.41. The van der Waals surface area contributed by atoms with Gasteiger partial charge in [-0.15, -0.1) is 10.2 Å². The van der Waals surface area contributed by atoms with Crippen molar-refractivity contribution in [2.24, 2.45) is 7.05 Å². The third-order valence-corrected chi connectivity index (χ3v) is 5.61. The third kappa shape index (κ3) is 2.46. The molecule has 1 atom stereocenters. The molecule has 5 rings (SSSR count). The minimum absolute atomic E-state index is 0.00988. The van der Waals surface area contributed by atoms with Gasteiger partial charge in [-0.3, -0.25) is 9.48 Å². The molecule has 2 aliphatic rings. The fourth-order valence-corrected chi connectivity index (χ4v) is 4.24. The fraction of sp³-hybridized carbons (Fsp3) is 0.526. The maximum absolute atomic E-state index is 13.4. The van der Waals surface area contributed by atoms with Gasteiger partial charge in [-0.2, -0.15) is 5.10 Å². The number of pyridine rings is 1. The Kier molecular flexibility index (Phi) is 3.41. The Morgan fingerprint density at radius 3 is 2.74 bits per heavy atom. The average Bonchev–Trinajstić information content (AvgIpc) is 3.32. The minimum atomic E-state index is 0.00988. The van der Waals surface area contributed by atoms with Crippen LogP contribution >= 0.6 is 0 Å². The van der Waals surface area contributed by atoms with Crippen LogP contribution in [0.2, 0.25) is 0 Å². The van der Waals surface area contributed by atoms with Gasteiger partial charge in [0.1, 0.15) is 5.82 Å². The van der Waals surface area contributed by atoms with Crippen LogP contribution in [0.4, 0.5) is 0 Å². The number of carbonyl (C=O) groups excluding carboxylic acids is 1. The number of amides is 1. The zero-order chi connectivity index (χ0) is 18.9. The smallest absolute Gasteiger partial charge is 0.255 e. The Morgan fingerprint density at radius 1 is 1.22 bits per heavy atom. The molecule has 8 heteroatoms. The van der Waals surface area contributed by atoms with Gasteiger partial charge < -0.3 is 9.47 Å².